The summed E-state index contributed by atoms with van der Waals surface area (Å²) in [5.74, 6) is -0.395. The minimum atomic E-state index is -2.90. The molecule has 0 aromatic heterocycles. The summed E-state index contributed by atoms with van der Waals surface area (Å²) < 4.78 is 42.7. The summed E-state index contributed by atoms with van der Waals surface area (Å²) in [4.78, 5) is 0. The Kier molecular flexibility index (Phi) is 5.36. The molecule has 0 aliphatic carbocycles. The van der Waals surface area contributed by atoms with Gasteiger partial charge in [0.05, 0.1) is 10.7 Å². The van der Waals surface area contributed by atoms with Crippen LogP contribution in [0.3, 0.4) is 0 Å². The Morgan fingerprint density at radius 3 is 2.62 bits per heavy atom. The van der Waals surface area contributed by atoms with Crippen molar-refractivity contribution in [3.63, 3.8) is 0 Å². The molecule has 0 bridgehead atoms. The van der Waals surface area contributed by atoms with Crippen LogP contribution in [0.2, 0.25) is 5.02 Å². The van der Waals surface area contributed by atoms with E-state index in [-0.39, 0.29) is 17.3 Å². The Hall–Kier alpha value is -1.40. The van der Waals surface area contributed by atoms with Gasteiger partial charge in [0.2, 0.25) is 0 Å². The number of rotatable bonds is 5. The van der Waals surface area contributed by atoms with Crippen LogP contribution < -0.4 is 10.1 Å². The van der Waals surface area contributed by atoms with Crippen LogP contribution in [0.4, 0.5) is 18.9 Å². The fourth-order valence-corrected chi connectivity index (χ4v) is 2.71. The lowest BCUT2D eigenvalue weighted by molar-refractivity contribution is -0.0504. The van der Waals surface area contributed by atoms with Crippen molar-refractivity contribution in [1.82, 2.24) is 0 Å². The number of hydrogen-bond donors (Lipinski definition) is 1. The SMILES string of the molecule is Fc1cc(Cl)c(NCc2ccccc2OC(F)F)c(Br)c1. The summed E-state index contributed by atoms with van der Waals surface area (Å²) in [6.45, 7) is -2.69. The quantitative estimate of drug-likeness (QED) is 0.744. The molecule has 7 heteroatoms. The van der Waals surface area contributed by atoms with Crippen molar-refractivity contribution < 1.29 is 17.9 Å². The monoisotopic (exact) mass is 379 g/mol. The van der Waals surface area contributed by atoms with Crippen molar-refractivity contribution in [2.24, 2.45) is 0 Å². The molecule has 0 atom stereocenters. The van der Waals surface area contributed by atoms with E-state index in [1.807, 2.05) is 0 Å². The van der Waals surface area contributed by atoms with Gasteiger partial charge in [-0.1, -0.05) is 29.8 Å². The summed E-state index contributed by atoms with van der Waals surface area (Å²) in [6, 6.07) is 8.82. The third-order valence-corrected chi connectivity index (χ3v) is 3.57. The van der Waals surface area contributed by atoms with E-state index >= 15 is 0 Å². The van der Waals surface area contributed by atoms with Crippen LogP contribution in [-0.2, 0) is 6.54 Å². The predicted molar refractivity (Wildman–Crippen MR) is 79.5 cm³/mol. The topological polar surface area (TPSA) is 21.3 Å². The zero-order chi connectivity index (χ0) is 15.4. The summed E-state index contributed by atoms with van der Waals surface area (Å²) in [7, 11) is 0. The first kappa shape index (κ1) is 16.0. The maximum absolute atomic E-state index is 13.1. The van der Waals surface area contributed by atoms with Crippen LogP contribution in [-0.4, -0.2) is 6.61 Å². The number of nitrogens with one attached hydrogen (secondary N) is 1. The zero-order valence-corrected chi connectivity index (χ0v) is 12.9. The second-order valence-corrected chi connectivity index (χ2v) is 5.35. The first-order chi connectivity index (χ1) is 9.97. The summed E-state index contributed by atoms with van der Waals surface area (Å²) >= 11 is 9.13. The number of halogens is 5. The number of para-hydroxylation sites is 1. The van der Waals surface area contributed by atoms with Gasteiger partial charge in [-0.2, -0.15) is 8.78 Å². The largest absolute Gasteiger partial charge is 0.434 e. The summed E-state index contributed by atoms with van der Waals surface area (Å²) in [5.41, 5.74) is 1.01. The second-order valence-electron chi connectivity index (χ2n) is 4.08. The van der Waals surface area contributed by atoms with Crippen molar-refractivity contribution in [3.05, 3.63) is 57.3 Å². The third kappa shape index (κ3) is 4.28. The van der Waals surface area contributed by atoms with E-state index in [4.69, 9.17) is 11.6 Å². The van der Waals surface area contributed by atoms with E-state index in [1.54, 1.807) is 18.2 Å². The Balaban J connectivity index is 2.17. The molecule has 0 fully saturated rings. The first-order valence-electron chi connectivity index (χ1n) is 5.88. The molecule has 0 aliphatic heterocycles. The molecule has 0 amide bonds. The second kappa shape index (κ2) is 7.04. The highest BCUT2D eigenvalue weighted by atomic mass is 79.9. The lowest BCUT2D eigenvalue weighted by Crippen LogP contribution is -2.07. The van der Waals surface area contributed by atoms with Crippen molar-refractivity contribution >= 4 is 33.2 Å². The van der Waals surface area contributed by atoms with E-state index in [2.05, 4.69) is 26.0 Å². The number of hydrogen-bond acceptors (Lipinski definition) is 2. The molecule has 0 radical (unpaired) electrons. The summed E-state index contributed by atoms with van der Waals surface area (Å²) in [5, 5.41) is 3.16. The van der Waals surface area contributed by atoms with Gasteiger partial charge < -0.3 is 10.1 Å². The van der Waals surface area contributed by atoms with Gasteiger partial charge in [-0.3, -0.25) is 0 Å². The van der Waals surface area contributed by atoms with Gasteiger partial charge in [0.25, 0.3) is 0 Å². The molecule has 0 heterocycles. The Labute approximate surface area is 133 Å². The number of ether oxygens (including phenoxy) is 1. The fourth-order valence-electron chi connectivity index (χ4n) is 1.76. The van der Waals surface area contributed by atoms with Gasteiger partial charge in [-0.05, 0) is 34.1 Å². The predicted octanol–water partition coefficient (Wildman–Crippen LogP) is 5.46. The van der Waals surface area contributed by atoms with Gasteiger partial charge in [0.15, 0.2) is 0 Å². The van der Waals surface area contributed by atoms with Crippen molar-refractivity contribution in [1.29, 1.82) is 0 Å². The lowest BCUT2D eigenvalue weighted by atomic mass is 10.2. The lowest BCUT2D eigenvalue weighted by Gasteiger charge is -2.14. The van der Waals surface area contributed by atoms with Crippen LogP contribution in [0.5, 0.6) is 5.75 Å². The Morgan fingerprint density at radius 1 is 1.24 bits per heavy atom. The third-order valence-electron chi connectivity index (χ3n) is 2.65. The molecule has 0 unspecified atom stereocenters. The van der Waals surface area contributed by atoms with E-state index in [1.165, 1.54) is 12.1 Å². The van der Waals surface area contributed by atoms with Gasteiger partial charge in [-0.15, -0.1) is 0 Å². The van der Waals surface area contributed by atoms with Gasteiger partial charge in [0, 0.05) is 16.6 Å². The summed E-state index contributed by atoms with van der Waals surface area (Å²) in [6.07, 6.45) is 0. The molecule has 112 valence electrons. The molecule has 0 saturated carbocycles. The molecule has 1 N–H and O–H groups in total. The normalized spacial score (nSPS) is 10.8. The van der Waals surface area contributed by atoms with E-state index < -0.39 is 12.4 Å². The Bertz CT molecular complexity index is 616. The standard InChI is InChI=1S/C14H10BrClF3NO/c15-10-5-9(17)6-11(16)13(10)20-7-8-3-1-2-4-12(8)21-14(18)19/h1-6,14,20H,7H2. The van der Waals surface area contributed by atoms with E-state index in [0.717, 1.165) is 6.07 Å². The van der Waals surface area contributed by atoms with Gasteiger partial charge in [0.1, 0.15) is 11.6 Å². The van der Waals surface area contributed by atoms with Crippen LogP contribution in [0.1, 0.15) is 5.56 Å². The van der Waals surface area contributed by atoms with Gasteiger partial charge in [-0.25, -0.2) is 4.39 Å². The number of anilines is 1. The maximum atomic E-state index is 13.1. The number of benzene rings is 2. The first-order valence-corrected chi connectivity index (χ1v) is 7.05. The molecule has 2 rings (SSSR count). The molecule has 2 aromatic carbocycles. The molecule has 0 spiro atoms. The minimum Gasteiger partial charge on any atom is -0.434 e. The molecule has 21 heavy (non-hydrogen) atoms. The van der Waals surface area contributed by atoms with Crippen molar-refractivity contribution in [2.45, 2.75) is 13.2 Å². The molecule has 0 saturated heterocycles. The highest BCUT2D eigenvalue weighted by Crippen LogP contribution is 2.32. The average molecular weight is 381 g/mol. The zero-order valence-electron chi connectivity index (χ0n) is 10.5. The Morgan fingerprint density at radius 2 is 1.95 bits per heavy atom. The smallest absolute Gasteiger partial charge is 0.387 e. The minimum absolute atomic E-state index is 0.0781. The number of alkyl halides is 2. The molecule has 2 nitrogen and oxygen atoms in total. The van der Waals surface area contributed by atoms with Crippen molar-refractivity contribution in [3.8, 4) is 5.75 Å². The fraction of sp³-hybridized carbons (Fsp3) is 0.143. The molecular formula is C14H10BrClF3NO. The van der Waals surface area contributed by atoms with Crippen molar-refractivity contribution in [2.75, 3.05) is 5.32 Å². The van der Waals surface area contributed by atoms with Crippen LogP contribution >= 0.6 is 27.5 Å². The van der Waals surface area contributed by atoms with Gasteiger partial charge >= 0.3 is 6.61 Å². The van der Waals surface area contributed by atoms with E-state index in [0.29, 0.717) is 15.7 Å². The highest BCUT2D eigenvalue weighted by molar-refractivity contribution is 9.10. The van der Waals surface area contributed by atoms with Crippen LogP contribution in [0, 0.1) is 5.82 Å². The van der Waals surface area contributed by atoms with Crippen LogP contribution in [0.15, 0.2) is 40.9 Å². The average Bonchev–Trinajstić information content (AvgIpc) is 2.38. The maximum Gasteiger partial charge on any atom is 0.387 e. The molecule has 0 aliphatic rings. The van der Waals surface area contributed by atoms with E-state index in [9.17, 15) is 13.2 Å². The molecular weight excluding hydrogens is 371 g/mol. The highest BCUT2D eigenvalue weighted by Gasteiger charge is 2.11. The molecule has 2 aromatic rings. The van der Waals surface area contributed by atoms with Crippen LogP contribution in [0.25, 0.3) is 0 Å².